The lowest BCUT2D eigenvalue weighted by atomic mass is 10.00. The molecule has 4 aromatic rings. The van der Waals surface area contributed by atoms with Gasteiger partial charge in [-0.1, -0.05) is 24.3 Å². The topological polar surface area (TPSA) is 106 Å². The minimum Gasteiger partial charge on any atom is -0.361 e. The van der Waals surface area contributed by atoms with E-state index in [-0.39, 0.29) is 16.2 Å². The van der Waals surface area contributed by atoms with Gasteiger partial charge in [0.25, 0.3) is 0 Å². The molecule has 0 unspecified atom stereocenters. The van der Waals surface area contributed by atoms with Crippen LogP contribution in [-0.4, -0.2) is 24.2 Å². The van der Waals surface area contributed by atoms with E-state index in [4.69, 9.17) is 5.14 Å². The molecule has 0 aliphatic heterocycles. The highest BCUT2D eigenvalue weighted by molar-refractivity contribution is 7.89. The number of nitrogens with zero attached hydrogens (tertiary/aromatic N) is 1. The summed E-state index contributed by atoms with van der Waals surface area (Å²) in [5, 5.41) is 6.15. The number of rotatable bonds is 4. The first-order valence-corrected chi connectivity index (χ1v) is 10.1. The van der Waals surface area contributed by atoms with Gasteiger partial charge in [0.05, 0.1) is 4.90 Å². The van der Waals surface area contributed by atoms with Crippen LogP contribution in [0.1, 0.15) is 21.6 Å². The van der Waals surface area contributed by atoms with Crippen molar-refractivity contribution in [2.24, 2.45) is 5.14 Å². The van der Waals surface area contributed by atoms with Crippen LogP contribution in [0, 0.1) is 6.92 Å². The van der Waals surface area contributed by atoms with Gasteiger partial charge in [0, 0.05) is 45.7 Å². The summed E-state index contributed by atoms with van der Waals surface area (Å²) >= 11 is 0. The van der Waals surface area contributed by atoms with Crippen molar-refractivity contribution < 1.29 is 13.2 Å². The largest absolute Gasteiger partial charge is 0.361 e. The van der Waals surface area contributed by atoms with E-state index in [1.807, 2.05) is 31.3 Å². The number of H-pyrrole nitrogens is 1. The molecule has 2 aromatic carbocycles. The van der Waals surface area contributed by atoms with Crippen LogP contribution in [0.4, 0.5) is 0 Å². The summed E-state index contributed by atoms with van der Waals surface area (Å²) in [4.78, 5) is 20.2. The summed E-state index contributed by atoms with van der Waals surface area (Å²) < 4.78 is 23.1. The predicted octanol–water partition coefficient (Wildman–Crippen LogP) is 3.42. The number of ketones is 1. The molecule has 0 aliphatic rings. The summed E-state index contributed by atoms with van der Waals surface area (Å²) in [6.45, 7) is 1.94. The van der Waals surface area contributed by atoms with E-state index < -0.39 is 10.0 Å². The van der Waals surface area contributed by atoms with Crippen molar-refractivity contribution in [3.05, 3.63) is 83.8 Å². The number of hydrogen-bond donors (Lipinski definition) is 2. The molecule has 4 rings (SSSR count). The van der Waals surface area contributed by atoms with Gasteiger partial charge in [0.1, 0.15) is 0 Å². The Bertz CT molecular complexity index is 1320. The van der Waals surface area contributed by atoms with Crippen LogP contribution in [0.2, 0.25) is 0 Å². The fraction of sp³-hybridized carbons (Fsp3) is 0.0476. The summed E-state index contributed by atoms with van der Waals surface area (Å²) in [6, 6.07) is 15.1. The molecular formula is C21H17N3O3S. The quantitative estimate of drug-likeness (QED) is 0.520. The van der Waals surface area contributed by atoms with Gasteiger partial charge in [-0.05, 0) is 42.8 Å². The molecule has 0 aliphatic carbocycles. The van der Waals surface area contributed by atoms with Crippen LogP contribution in [0.3, 0.4) is 0 Å². The van der Waals surface area contributed by atoms with Crippen molar-refractivity contribution in [2.75, 3.05) is 0 Å². The fourth-order valence-electron chi connectivity index (χ4n) is 3.20. The molecule has 0 fully saturated rings. The highest BCUT2D eigenvalue weighted by atomic mass is 32.2. The second-order valence-corrected chi connectivity index (χ2v) is 8.11. The molecule has 6 nitrogen and oxygen atoms in total. The van der Waals surface area contributed by atoms with Gasteiger partial charge >= 0.3 is 0 Å². The van der Waals surface area contributed by atoms with E-state index in [0.717, 1.165) is 27.7 Å². The number of pyridine rings is 1. The van der Waals surface area contributed by atoms with Crippen molar-refractivity contribution >= 4 is 26.7 Å². The number of aromatic amines is 1. The Morgan fingerprint density at radius 2 is 1.82 bits per heavy atom. The van der Waals surface area contributed by atoms with Gasteiger partial charge in [-0.2, -0.15) is 0 Å². The summed E-state index contributed by atoms with van der Waals surface area (Å²) in [6.07, 6.45) is 3.66. The molecule has 7 heteroatoms. The Kier molecular flexibility index (Phi) is 4.33. The zero-order valence-corrected chi connectivity index (χ0v) is 15.8. The lowest BCUT2D eigenvalue weighted by Crippen LogP contribution is -2.13. The minimum absolute atomic E-state index is 0.0883. The third kappa shape index (κ3) is 3.33. The molecule has 0 saturated heterocycles. The average Bonchev–Trinajstić information content (AvgIpc) is 3.10. The van der Waals surface area contributed by atoms with Gasteiger partial charge in [-0.3, -0.25) is 9.78 Å². The van der Waals surface area contributed by atoms with Crippen LogP contribution >= 0.6 is 0 Å². The Morgan fingerprint density at radius 3 is 2.57 bits per heavy atom. The number of primary sulfonamides is 1. The van der Waals surface area contributed by atoms with E-state index >= 15 is 0 Å². The summed E-state index contributed by atoms with van der Waals surface area (Å²) in [5.74, 6) is -0.275. The molecule has 28 heavy (non-hydrogen) atoms. The number of hydrogen-bond acceptors (Lipinski definition) is 4. The van der Waals surface area contributed by atoms with Crippen LogP contribution in [0.15, 0.2) is 71.9 Å². The smallest absolute Gasteiger partial charge is 0.238 e. The van der Waals surface area contributed by atoms with Crippen molar-refractivity contribution in [1.82, 2.24) is 9.97 Å². The Labute approximate surface area is 162 Å². The molecule has 0 amide bonds. The highest BCUT2D eigenvalue weighted by Gasteiger charge is 2.15. The Morgan fingerprint density at radius 1 is 1.04 bits per heavy atom. The fourth-order valence-corrected chi connectivity index (χ4v) is 3.76. The SMILES string of the molecule is Cc1cc(-c2c[nH]c3cc(C(=O)c4cccc(S(N)(=O)=O)c4)ccc23)ccn1. The van der Waals surface area contributed by atoms with Crippen LogP contribution in [-0.2, 0) is 10.0 Å². The number of aromatic nitrogens is 2. The first kappa shape index (κ1) is 18.1. The van der Waals surface area contributed by atoms with Gasteiger partial charge in [-0.15, -0.1) is 0 Å². The molecule has 2 aromatic heterocycles. The third-order valence-electron chi connectivity index (χ3n) is 4.58. The van der Waals surface area contributed by atoms with E-state index in [1.54, 1.807) is 24.4 Å². The molecule has 0 bridgehead atoms. The lowest BCUT2D eigenvalue weighted by molar-refractivity contribution is 0.103. The molecule has 0 radical (unpaired) electrons. The number of benzene rings is 2. The molecule has 0 spiro atoms. The second-order valence-electron chi connectivity index (χ2n) is 6.55. The van der Waals surface area contributed by atoms with Gasteiger partial charge in [0.15, 0.2) is 5.78 Å². The highest BCUT2D eigenvalue weighted by Crippen LogP contribution is 2.29. The van der Waals surface area contributed by atoms with Crippen LogP contribution in [0.5, 0.6) is 0 Å². The number of aryl methyl sites for hydroxylation is 1. The number of nitrogens with one attached hydrogen (secondary N) is 1. The maximum Gasteiger partial charge on any atom is 0.238 e. The minimum atomic E-state index is -3.87. The Balaban J connectivity index is 1.74. The van der Waals surface area contributed by atoms with Crippen LogP contribution in [0.25, 0.3) is 22.0 Å². The molecule has 0 saturated carbocycles. The molecular weight excluding hydrogens is 374 g/mol. The normalized spacial score (nSPS) is 11.6. The maximum absolute atomic E-state index is 12.8. The van der Waals surface area contributed by atoms with Crippen molar-refractivity contribution in [3.63, 3.8) is 0 Å². The van der Waals surface area contributed by atoms with Gasteiger partial charge in [0.2, 0.25) is 10.0 Å². The third-order valence-corrected chi connectivity index (χ3v) is 5.49. The summed E-state index contributed by atoms with van der Waals surface area (Å²) in [5.41, 5.74) is 4.53. The summed E-state index contributed by atoms with van der Waals surface area (Å²) in [7, 11) is -3.87. The van der Waals surface area contributed by atoms with Gasteiger partial charge in [-0.25, -0.2) is 13.6 Å². The molecule has 3 N–H and O–H groups in total. The number of carbonyl (C=O) groups is 1. The first-order valence-electron chi connectivity index (χ1n) is 8.55. The van der Waals surface area contributed by atoms with E-state index in [1.165, 1.54) is 18.2 Å². The molecule has 140 valence electrons. The number of sulfonamides is 1. The zero-order valence-electron chi connectivity index (χ0n) is 15.0. The zero-order chi connectivity index (χ0) is 19.9. The monoisotopic (exact) mass is 391 g/mol. The van der Waals surface area contributed by atoms with Crippen LogP contribution < -0.4 is 5.14 Å². The first-order chi connectivity index (χ1) is 13.3. The van der Waals surface area contributed by atoms with Crippen molar-refractivity contribution in [2.45, 2.75) is 11.8 Å². The number of nitrogens with two attached hydrogens (primary N) is 1. The van der Waals surface area contributed by atoms with E-state index in [0.29, 0.717) is 5.56 Å². The number of carbonyl (C=O) groups excluding carboxylic acids is 1. The predicted molar refractivity (Wildman–Crippen MR) is 108 cm³/mol. The standard InChI is InChI=1S/C21H17N3O3S/c1-13-9-14(7-8-23-13)19-12-24-20-11-16(5-6-18(19)20)21(25)15-3-2-4-17(10-15)28(22,26)27/h2-12,24H,1H3,(H2,22,26,27). The van der Waals surface area contributed by atoms with Crippen molar-refractivity contribution in [3.8, 4) is 11.1 Å². The maximum atomic E-state index is 12.8. The van der Waals surface area contributed by atoms with E-state index in [2.05, 4.69) is 9.97 Å². The van der Waals surface area contributed by atoms with E-state index in [9.17, 15) is 13.2 Å². The molecule has 2 heterocycles. The molecule has 0 atom stereocenters. The number of fused-ring (bicyclic) bond motifs is 1. The van der Waals surface area contributed by atoms with Crippen molar-refractivity contribution in [1.29, 1.82) is 0 Å². The average molecular weight is 391 g/mol. The van der Waals surface area contributed by atoms with Gasteiger partial charge < -0.3 is 4.98 Å². The Hall–Kier alpha value is -3.29. The second kappa shape index (κ2) is 6.70. The lowest BCUT2D eigenvalue weighted by Gasteiger charge is -2.05.